The summed E-state index contributed by atoms with van der Waals surface area (Å²) in [6.45, 7) is 9.03. The Labute approximate surface area is 204 Å². The van der Waals surface area contributed by atoms with Gasteiger partial charge in [-0.25, -0.2) is 0 Å². The molecule has 0 amide bonds. The van der Waals surface area contributed by atoms with Crippen LogP contribution in [0.15, 0.2) is 12.1 Å². The van der Waals surface area contributed by atoms with E-state index in [9.17, 15) is 9.90 Å². The van der Waals surface area contributed by atoms with Crippen LogP contribution in [0.1, 0.15) is 83.3 Å². The van der Waals surface area contributed by atoms with Crippen LogP contribution in [0.2, 0.25) is 0 Å². The van der Waals surface area contributed by atoms with Gasteiger partial charge >= 0.3 is 5.97 Å². The third-order valence-corrected chi connectivity index (χ3v) is 11.0. The number of aliphatic hydroxyl groups is 1. The lowest BCUT2D eigenvalue weighted by atomic mass is 9.34. The van der Waals surface area contributed by atoms with Crippen molar-refractivity contribution in [3.05, 3.63) is 23.3 Å². The van der Waals surface area contributed by atoms with Crippen LogP contribution >= 0.6 is 0 Å². The van der Waals surface area contributed by atoms with Crippen molar-refractivity contribution in [3.8, 4) is 11.5 Å². The van der Waals surface area contributed by atoms with Gasteiger partial charge in [0.25, 0.3) is 0 Å². The van der Waals surface area contributed by atoms with Gasteiger partial charge in [-0.3, -0.25) is 4.79 Å². The van der Waals surface area contributed by atoms with Gasteiger partial charge in [-0.2, -0.15) is 0 Å². The molecule has 1 spiro atoms. The van der Waals surface area contributed by atoms with E-state index in [1.807, 2.05) is 12.1 Å². The normalized spacial score (nSPS) is 42.4. The van der Waals surface area contributed by atoms with Gasteiger partial charge in [0, 0.05) is 16.5 Å². The summed E-state index contributed by atoms with van der Waals surface area (Å²) in [5.74, 6) is 3.02. The van der Waals surface area contributed by atoms with E-state index in [-0.39, 0.29) is 35.1 Å². The van der Waals surface area contributed by atoms with Crippen LogP contribution in [0, 0.1) is 34.5 Å². The van der Waals surface area contributed by atoms with Gasteiger partial charge in [0.05, 0.1) is 32.8 Å². The standard InChI is InChI=1S/C29H42O5/c1-16(2)22-17-15-21-27(3)12-8-13-28(4,26(31)34-7)20(27)11-14-29(21,25(22)30)24-19(33-6)10-9-18(32-5)23(17)24/h9-10,16-17,20-22,25,30H,8,11-15H2,1-7H3/t17-,20+,21+,22-,25-,27+,28+,29+/m1/s1. The number of aliphatic hydroxyl groups excluding tert-OH is 1. The minimum atomic E-state index is -0.469. The molecule has 0 aromatic heterocycles. The minimum absolute atomic E-state index is 0.0492. The molecular formula is C29H42O5. The highest BCUT2D eigenvalue weighted by Crippen LogP contribution is 2.75. The first kappa shape index (κ1) is 24.0. The molecule has 1 N–H and O–H groups in total. The number of rotatable bonds is 4. The molecule has 1 aromatic rings. The first-order chi connectivity index (χ1) is 16.1. The maximum atomic E-state index is 13.1. The lowest BCUT2D eigenvalue weighted by Crippen LogP contribution is -2.69. The SMILES string of the molecule is COC(=O)[C@@]1(C)CCC[C@]2(C)[C@@H]3C[C@H]4c5c(OC)ccc(OC)c5[C@@]3(CC[C@@H]21)[C@H](O)[C@@H]4C(C)C. The number of carbonyl (C=O) groups is 1. The highest BCUT2D eigenvalue weighted by molar-refractivity contribution is 5.77. The first-order valence-corrected chi connectivity index (χ1v) is 13.1. The van der Waals surface area contributed by atoms with Crippen LogP contribution in [0.3, 0.4) is 0 Å². The molecule has 0 saturated heterocycles. The monoisotopic (exact) mass is 470 g/mol. The Morgan fingerprint density at radius 2 is 1.71 bits per heavy atom. The first-order valence-electron chi connectivity index (χ1n) is 13.1. The smallest absolute Gasteiger partial charge is 0.311 e. The Morgan fingerprint density at radius 3 is 2.32 bits per heavy atom. The Bertz CT molecular complexity index is 987. The van der Waals surface area contributed by atoms with E-state index in [1.165, 1.54) is 18.2 Å². The molecule has 5 heteroatoms. The second-order valence-corrected chi connectivity index (χ2v) is 12.3. The molecule has 0 heterocycles. The summed E-state index contributed by atoms with van der Waals surface area (Å²) in [6, 6.07) is 4.06. The number of ether oxygens (including phenoxy) is 3. The Kier molecular flexibility index (Phi) is 5.55. The molecule has 3 saturated carbocycles. The van der Waals surface area contributed by atoms with Gasteiger partial charge in [-0.1, -0.05) is 27.2 Å². The van der Waals surface area contributed by atoms with E-state index in [0.29, 0.717) is 5.92 Å². The van der Waals surface area contributed by atoms with Crippen molar-refractivity contribution in [1.29, 1.82) is 0 Å². The second-order valence-electron chi connectivity index (χ2n) is 12.3. The fraction of sp³-hybridized carbons (Fsp3) is 0.759. The Morgan fingerprint density at radius 1 is 1.03 bits per heavy atom. The molecule has 188 valence electrons. The lowest BCUT2D eigenvalue weighted by Gasteiger charge is -2.70. The van der Waals surface area contributed by atoms with Gasteiger partial charge in [-0.15, -0.1) is 0 Å². The summed E-state index contributed by atoms with van der Waals surface area (Å²) in [4.78, 5) is 13.1. The predicted octanol–water partition coefficient (Wildman–Crippen LogP) is 5.47. The van der Waals surface area contributed by atoms with Crippen LogP contribution in [-0.4, -0.2) is 38.5 Å². The quantitative estimate of drug-likeness (QED) is 0.591. The zero-order chi connectivity index (χ0) is 24.6. The number of hydrogen-bond acceptors (Lipinski definition) is 5. The van der Waals surface area contributed by atoms with E-state index >= 15 is 0 Å². The van der Waals surface area contributed by atoms with Gasteiger partial charge in [-0.05, 0) is 86.2 Å². The van der Waals surface area contributed by atoms with Gasteiger partial charge in [0.1, 0.15) is 11.5 Å². The van der Waals surface area contributed by atoms with Crippen LogP contribution in [-0.2, 0) is 14.9 Å². The highest BCUT2D eigenvalue weighted by atomic mass is 16.5. The molecule has 34 heavy (non-hydrogen) atoms. The van der Waals surface area contributed by atoms with Crippen LogP contribution < -0.4 is 9.47 Å². The van der Waals surface area contributed by atoms with Gasteiger partial charge in [0.2, 0.25) is 0 Å². The van der Waals surface area contributed by atoms with Gasteiger partial charge in [0.15, 0.2) is 0 Å². The molecule has 3 fully saturated rings. The van der Waals surface area contributed by atoms with Crippen molar-refractivity contribution in [2.45, 2.75) is 83.7 Å². The van der Waals surface area contributed by atoms with Crippen molar-refractivity contribution in [2.24, 2.45) is 34.5 Å². The maximum Gasteiger partial charge on any atom is 0.311 e. The number of hydrogen-bond donors (Lipinski definition) is 1. The third-order valence-electron chi connectivity index (χ3n) is 11.0. The van der Waals surface area contributed by atoms with Crippen molar-refractivity contribution >= 4 is 5.97 Å². The van der Waals surface area contributed by atoms with Crippen molar-refractivity contribution in [2.75, 3.05) is 21.3 Å². The van der Waals surface area contributed by atoms with E-state index in [4.69, 9.17) is 14.2 Å². The topological polar surface area (TPSA) is 65.0 Å². The zero-order valence-electron chi connectivity index (χ0n) is 21.9. The molecule has 0 unspecified atom stereocenters. The number of esters is 1. The van der Waals surface area contributed by atoms with Crippen molar-refractivity contribution in [3.63, 3.8) is 0 Å². The largest absolute Gasteiger partial charge is 0.496 e. The Hall–Kier alpha value is -1.75. The highest BCUT2D eigenvalue weighted by Gasteiger charge is 2.71. The van der Waals surface area contributed by atoms with Crippen molar-refractivity contribution < 1.29 is 24.1 Å². The average molecular weight is 471 g/mol. The molecule has 0 radical (unpaired) electrons. The van der Waals surface area contributed by atoms with Crippen LogP contribution in [0.5, 0.6) is 11.5 Å². The van der Waals surface area contributed by atoms with E-state index in [0.717, 1.165) is 50.0 Å². The fourth-order valence-electron chi connectivity index (χ4n) is 9.77. The molecule has 5 aliphatic rings. The molecule has 5 nitrogen and oxygen atoms in total. The number of carbonyl (C=O) groups excluding carboxylic acids is 1. The summed E-state index contributed by atoms with van der Waals surface area (Å²) in [5, 5.41) is 12.2. The molecule has 5 aliphatic carbocycles. The summed E-state index contributed by atoms with van der Waals surface area (Å²) >= 11 is 0. The molecule has 6 rings (SSSR count). The summed E-state index contributed by atoms with van der Waals surface area (Å²) in [7, 11) is 5.02. The average Bonchev–Trinajstić information content (AvgIpc) is 2.82. The molecule has 8 atom stereocenters. The van der Waals surface area contributed by atoms with E-state index in [2.05, 4.69) is 27.7 Å². The van der Waals surface area contributed by atoms with Crippen molar-refractivity contribution in [1.82, 2.24) is 0 Å². The fourth-order valence-corrected chi connectivity index (χ4v) is 9.77. The Balaban J connectivity index is 1.75. The number of benzene rings is 1. The van der Waals surface area contributed by atoms with Crippen LogP contribution in [0.4, 0.5) is 0 Å². The molecule has 1 aromatic carbocycles. The zero-order valence-corrected chi connectivity index (χ0v) is 21.9. The number of methoxy groups -OCH3 is 3. The molecule has 0 aliphatic heterocycles. The maximum absolute atomic E-state index is 13.1. The molecule has 2 bridgehead atoms. The lowest BCUT2D eigenvalue weighted by molar-refractivity contribution is -0.201. The third kappa shape index (κ3) is 2.74. The molecular weight excluding hydrogens is 428 g/mol. The summed E-state index contributed by atoms with van der Waals surface area (Å²) in [5.41, 5.74) is 1.54. The van der Waals surface area contributed by atoms with Gasteiger partial charge < -0.3 is 19.3 Å². The van der Waals surface area contributed by atoms with Crippen LogP contribution in [0.25, 0.3) is 0 Å². The summed E-state index contributed by atoms with van der Waals surface area (Å²) < 4.78 is 17.2. The summed E-state index contributed by atoms with van der Waals surface area (Å²) in [6.07, 6.45) is 5.34. The van der Waals surface area contributed by atoms with E-state index < -0.39 is 16.9 Å². The van der Waals surface area contributed by atoms with E-state index in [1.54, 1.807) is 14.2 Å². The minimum Gasteiger partial charge on any atom is -0.496 e. The number of fused-ring (bicyclic) bond motifs is 2. The second kappa shape index (κ2) is 7.88. The predicted molar refractivity (Wildman–Crippen MR) is 131 cm³/mol.